The smallest absolute Gasteiger partial charge is 0.414 e. The molecule has 0 saturated carbocycles. The normalized spacial score (nSPS) is 11.8. The molecule has 1 rings (SSSR count). The van der Waals surface area contributed by atoms with E-state index in [1.54, 1.807) is 24.3 Å². The molecule has 1 amide bonds. The Morgan fingerprint density at radius 2 is 2.05 bits per heavy atom. The Kier molecular flexibility index (Phi) is 6.98. The van der Waals surface area contributed by atoms with Gasteiger partial charge in [0.25, 0.3) is 0 Å². The van der Waals surface area contributed by atoms with E-state index in [0.717, 1.165) is 4.90 Å². The summed E-state index contributed by atoms with van der Waals surface area (Å²) in [5.41, 5.74) is 5.73. The summed E-state index contributed by atoms with van der Waals surface area (Å²) in [6.07, 6.45) is 0.780. The summed E-state index contributed by atoms with van der Waals surface area (Å²) in [6.45, 7) is 0.469. The molecular weight excluding hydrogens is 296 g/mol. The Labute approximate surface area is 128 Å². The van der Waals surface area contributed by atoms with Crippen LogP contribution in [-0.4, -0.2) is 36.9 Å². The zero-order valence-corrected chi connectivity index (χ0v) is 12.5. The van der Waals surface area contributed by atoms with Gasteiger partial charge in [0, 0.05) is 0 Å². The van der Waals surface area contributed by atoms with Crippen LogP contribution in [0.3, 0.4) is 0 Å². The second kappa shape index (κ2) is 8.49. The lowest BCUT2D eigenvalue weighted by Gasteiger charge is -2.28. The number of carboxylic acid groups (broad SMARTS) is 1. The van der Waals surface area contributed by atoms with E-state index in [4.69, 9.17) is 22.1 Å². The van der Waals surface area contributed by atoms with Crippen molar-refractivity contribution in [1.29, 1.82) is 0 Å². The first-order chi connectivity index (χ1) is 10.0. The molecule has 0 heterocycles. The maximum atomic E-state index is 12.0. The summed E-state index contributed by atoms with van der Waals surface area (Å²) in [7, 11) is 1.20. The fraction of sp³-hybridized carbons (Fsp3) is 0.429. The summed E-state index contributed by atoms with van der Waals surface area (Å²) in [5.74, 6) is -1.11. The third-order valence-corrected chi connectivity index (χ3v) is 3.33. The summed E-state index contributed by atoms with van der Waals surface area (Å²) < 4.78 is 4.70. The van der Waals surface area contributed by atoms with E-state index in [2.05, 4.69) is 0 Å². The van der Waals surface area contributed by atoms with Crippen LogP contribution in [0.1, 0.15) is 19.3 Å². The number of hydrogen-bond donors (Lipinski definition) is 2. The number of para-hydroxylation sites is 1. The first kappa shape index (κ1) is 17.3. The highest BCUT2D eigenvalue weighted by molar-refractivity contribution is 6.33. The SMILES string of the molecule is COC(=O)N(c1ccccc1Cl)[C@H](CCCCN)C(=O)O. The maximum Gasteiger partial charge on any atom is 0.414 e. The predicted molar refractivity (Wildman–Crippen MR) is 80.7 cm³/mol. The van der Waals surface area contributed by atoms with E-state index in [1.807, 2.05) is 0 Å². The second-order valence-electron chi connectivity index (χ2n) is 4.43. The Morgan fingerprint density at radius 1 is 1.38 bits per heavy atom. The highest BCUT2D eigenvalue weighted by Crippen LogP contribution is 2.29. The molecule has 21 heavy (non-hydrogen) atoms. The average molecular weight is 315 g/mol. The van der Waals surface area contributed by atoms with Crippen molar-refractivity contribution in [3.05, 3.63) is 29.3 Å². The highest BCUT2D eigenvalue weighted by Gasteiger charge is 2.32. The molecule has 0 fully saturated rings. The Bertz CT molecular complexity index is 496. The van der Waals surface area contributed by atoms with Crippen molar-refractivity contribution < 1.29 is 19.4 Å². The van der Waals surface area contributed by atoms with Gasteiger partial charge in [-0.2, -0.15) is 0 Å². The molecule has 1 aromatic rings. The number of hydrogen-bond acceptors (Lipinski definition) is 4. The number of nitrogens with zero attached hydrogens (tertiary/aromatic N) is 1. The lowest BCUT2D eigenvalue weighted by Crippen LogP contribution is -2.45. The van der Waals surface area contributed by atoms with Crippen molar-refractivity contribution in [3.8, 4) is 0 Å². The topological polar surface area (TPSA) is 92.9 Å². The highest BCUT2D eigenvalue weighted by atomic mass is 35.5. The monoisotopic (exact) mass is 314 g/mol. The minimum absolute atomic E-state index is 0.271. The molecule has 0 spiro atoms. The van der Waals surface area contributed by atoms with Crippen molar-refractivity contribution >= 4 is 29.4 Å². The zero-order valence-electron chi connectivity index (χ0n) is 11.8. The van der Waals surface area contributed by atoms with Crippen molar-refractivity contribution in [3.63, 3.8) is 0 Å². The summed E-state index contributed by atoms with van der Waals surface area (Å²) >= 11 is 6.07. The van der Waals surface area contributed by atoms with Gasteiger partial charge in [0.1, 0.15) is 6.04 Å². The van der Waals surface area contributed by atoms with Gasteiger partial charge in [0.15, 0.2) is 0 Å². The van der Waals surface area contributed by atoms with Crippen LogP contribution in [0, 0.1) is 0 Å². The van der Waals surface area contributed by atoms with E-state index >= 15 is 0 Å². The van der Waals surface area contributed by atoms with Gasteiger partial charge < -0.3 is 15.6 Å². The van der Waals surface area contributed by atoms with Gasteiger partial charge in [0.2, 0.25) is 0 Å². The van der Waals surface area contributed by atoms with E-state index in [1.165, 1.54) is 7.11 Å². The number of amides is 1. The van der Waals surface area contributed by atoms with Gasteiger partial charge >= 0.3 is 12.1 Å². The van der Waals surface area contributed by atoms with Gasteiger partial charge in [-0.25, -0.2) is 9.59 Å². The van der Waals surface area contributed by atoms with Gasteiger partial charge in [0.05, 0.1) is 17.8 Å². The molecule has 1 atom stereocenters. The van der Waals surface area contributed by atoms with E-state index < -0.39 is 18.1 Å². The van der Waals surface area contributed by atoms with Crippen LogP contribution in [0.25, 0.3) is 0 Å². The molecular formula is C14H19ClN2O4. The fourth-order valence-corrected chi connectivity index (χ4v) is 2.21. The molecule has 0 aromatic heterocycles. The van der Waals surface area contributed by atoms with Gasteiger partial charge in [-0.05, 0) is 37.9 Å². The number of carboxylic acids is 1. The molecule has 6 nitrogen and oxygen atoms in total. The number of anilines is 1. The first-order valence-electron chi connectivity index (χ1n) is 6.57. The van der Waals surface area contributed by atoms with E-state index in [0.29, 0.717) is 25.1 Å². The van der Waals surface area contributed by atoms with Gasteiger partial charge in [-0.3, -0.25) is 4.90 Å². The van der Waals surface area contributed by atoms with Crippen LogP contribution >= 0.6 is 11.6 Å². The van der Waals surface area contributed by atoms with Gasteiger partial charge in [-0.15, -0.1) is 0 Å². The molecule has 0 bridgehead atoms. The quantitative estimate of drug-likeness (QED) is 0.754. The number of nitrogens with two attached hydrogens (primary N) is 1. The third-order valence-electron chi connectivity index (χ3n) is 3.01. The predicted octanol–water partition coefficient (Wildman–Crippen LogP) is 2.49. The number of ether oxygens (including phenoxy) is 1. The molecule has 116 valence electrons. The largest absolute Gasteiger partial charge is 0.480 e. The van der Waals surface area contributed by atoms with Crippen molar-refractivity contribution in [2.24, 2.45) is 5.73 Å². The van der Waals surface area contributed by atoms with E-state index in [-0.39, 0.29) is 11.4 Å². The third kappa shape index (κ3) is 4.61. The lowest BCUT2D eigenvalue weighted by molar-refractivity contribution is -0.138. The molecule has 0 aliphatic heterocycles. The molecule has 0 aliphatic rings. The first-order valence-corrected chi connectivity index (χ1v) is 6.95. The summed E-state index contributed by atoms with van der Waals surface area (Å²) in [4.78, 5) is 24.6. The van der Waals surface area contributed by atoms with Crippen molar-refractivity contribution in [2.45, 2.75) is 25.3 Å². The Morgan fingerprint density at radius 3 is 2.57 bits per heavy atom. The number of aliphatic carboxylic acids is 1. The Balaban J connectivity index is 3.12. The molecule has 0 saturated heterocycles. The fourth-order valence-electron chi connectivity index (χ4n) is 1.98. The van der Waals surface area contributed by atoms with Crippen LogP contribution in [0.2, 0.25) is 5.02 Å². The van der Waals surface area contributed by atoms with Crippen LogP contribution < -0.4 is 10.6 Å². The maximum absolute atomic E-state index is 12.0. The van der Waals surface area contributed by atoms with Crippen LogP contribution in [0.5, 0.6) is 0 Å². The summed E-state index contributed by atoms with van der Waals surface area (Å²) in [6, 6.07) is 5.49. The number of rotatable bonds is 7. The van der Waals surface area contributed by atoms with Gasteiger partial charge in [-0.1, -0.05) is 23.7 Å². The van der Waals surface area contributed by atoms with Crippen LogP contribution in [-0.2, 0) is 9.53 Å². The number of benzene rings is 1. The molecule has 0 aliphatic carbocycles. The molecule has 1 aromatic carbocycles. The standard InChI is InChI=1S/C14H19ClN2O4/c1-21-14(20)17(11-7-3-2-6-10(11)15)12(13(18)19)8-4-5-9-16/h2-3,6-7,12H,4-5,8-9,16H2,1H3,(H,18,19)/t12-/m1/s1. The zero-order chi connectivity index (χ0) is 15.8. The summed E-state index contributed by atoms with van der Waals surface area (Å²) in [5, 5.41) is 9.70. The van der Waals surface area contributed by atoms with Crippen LogP contribution in [0.4, 0.5) is 10.5 Å². The number of carbonyl (C=O) groups is 2. The number of methoxy groups -OCH3 is 1. The molecule has 3 N–H and O–H groups in total. The Hall–Kier alpha value is -1.79. The second-order valence-corrected chi connectivity index (χ2v) is 4.84. The average Bonchev–Trinajstić information content (AvgIpc) is 2.47. The minimum Gasteiger partial charge on any atom is -0.480 e. The number of carbonyl (C=O) groups excluding carboxylic acids is 1. The van der Waals surface area contributed by atoms with E-state index in [9.17, 15) is 14.7 Å². The minimum atomic E-state index is -1.11. The van der Waals surface area contributed by atoms with Crippen LogP contribution in [0.15, 0.2) is 24.3 Å². The molecule has 0 radical (unpaired) electrons. The lowest BCUT2D eigenvalue weighted by atomic mass is 10.1. The molecule has 0 unspecified atom stereocenters. The molecule has 7 heteroatoms. The van der Waals surface area contributed by atoms with Crippen molar-refractivity contribution in [2.75, 3.05) is 18.6 Å². The number of unbranched alkanes of at least 4 members (excludes halogenated alkanes) is 1. The number of halogens is 1. The van der Waals surface area contributed by atoms with Crippen molar-refractivity contribution in [1.82, 2.24) is 0 Å².